The molecule has 2 aliphatic carbocycles. The third-order valence-electron chi connectivity index (χ3n) is 5.54. The summed E-state index contributed by atoms with van der Waals surface area (Å²) in [6, 6.07) is 0. The van der Waals surface area contributed by atoms with Gasteiger partial charge in [0.1, 0.15) is 0 Å². The Bertz CT molecular complexity index is 545. The summed E-state index contributed by atoms with van der Waals surface area (Å²) in [5, 5.41) is 2.77. The maximum absolute atomic E-state index is 13.1. The summed E-state index contributed by atoms with van der Waals surface area (Å²) in [5.74, 6) is 2.45. The van der Waals surface area contributed by atoms with Crippen LogP contribution in [0.15, 0.2) is 11.6 Å². The second-order valence-corrected chi connectivity index (χ2v) is 8.49. The molecule has 1 saturated heterocycles. The van der Waals surface area contributed by atoms with Crippen LogP contribution in [0, 0.1) is 17.8 Å². The molecule has 0 spiro atoms. The van der Waals surface area contributed by atoms with Gasteiger partial charge in [0.05, 0.1) is 19.3 Å². The highest BCUT2D eigenvalue weighted by molar-refractivity contribution is 7.13. The average molecular weight is 350 g/mol. The van der Waals surface area contributed by atoms with E-state index in [-0.39, 0.29) is 12.0 Å². The summed E-state index contributed by atoms with van der Waals surface area (Å²) in [5.41, 5.74) is 0. The molecule has 5 nitrogen and oxygen atoms in total. The fourth-order valence-corrected chi connectivity index (χ4v) is 4.56. The van der Waals surface area contributed by atoms with E-state index in [0.717, 1.165) is 36.7 Å². The summed E-state index contributed by atoms with van der Waals surface area (Å²) in [6.07, 6.45) is 7.84. The zero-order valence-electron chi connectivity index (χ0n) is 14.4. The number of rotatable bonds is 7. The van der Waals surface area contributed by atoms with Gasteiger partial charge in [-0.05, 0) is 50.5 Å². The van der Waals surface area contributed by atoms with Crippen LogP contribution in [0.3, 0.4) is 0 Å². The van der Waals surface area contributed by atoms with Gasteiger partial charge in [-0.2, -0.15) is 0 Å². The normalized spacial score (nSPS) is 25.2. The summed E-state index contributed by atoms with van der Waals surface area (Å²) < 4.78 is 5.89. The smallest absolute Gasteiger partial charge is 0.229 e. The molecule has 1 amide bonds. The van der Waals surface area contributed by atoms with Gasteiger partial charge in [0.2, 0.25) is 5.91 Å². The minimum Gasteiger partial charge on any atom is -0.374 e. The predicted molar refractivity (Wildman–Crippen MR) is 95.3 cm³/mol. The van der Waals surface area contributed by atoms with E-state index in [0.29, 0.717) is 18.9 Å². The van der Waals surface area contributed by atoms with Gasteiger partial charge >= 0.3 is 0 Å². The van der Waals surface area contributed by atoms with Crippen molar-refractivity contribution >= 4 is 22.4 Å². The zero-order valence-corrected chi connectivity index (χ0v) is 15.2. The van der Waals surface area contributed by atoms with Crippen LogP contribution in [0.2, 0.25) is 0 Å². The largest absolute Gasteiger partial charge is 0.374 e. The standard InChI is InChI=1S/C18H27N3O2S/c1-20-7-8-23-15(11-20)12-21(18-19-6-9-24-18)17(22)10-16(13-2-3-13)14-4-5-14/h6,9,13-16H,2-5,7-8,10-12H2,1H3/t15-/m0/s1. The van der Waals surface area contributed by atoms with E-state index in [4.69, 9.17) is 4.74 Å². The van der Waals surface area contributed by atoms with Gasteiger partial charge in [-0.15, -0.1) is 11.3 Å². The molecule has 2 heterocycles. The van der Waals surface area contributed by atoms with E-state index in [1.165, 1.54) is 25.7 Å². The summed E-state index contributed by atoms with van der Waals surface area (Å²) >= 11 is 1.55. The summed E-state index contributed by atoms with van der Waals surface area (Å²) in [4.78, 5) is 21.7. The van der Waals surface area contributed by atoms with Crippen LogP contribution >= 0.6 is 11.3 Å². The molecule has 3 fully saturated rings. The number of amides is 1. The van der Waals surface area contributed by atoms with Crippen LogP contribution in [0.25, 0.3) is 0 Å². The van der Waals surface area contributed by atoms with E-state index in [2.05, 4.69) is 16.9 Å². The third kappa shape index (κ3) is 3.98. The number of hydrogen-bond acceptors (Lipinski definition) is 5. The lowest BCUT2D eigenvalue weighted by Crippen LogP contribution is -2.48. The quantitative estimate of drug-likeness (QED) is 0.759. The van der Waals surface area contributed by atoms with Gasteiger partial charge in [-0.25, -0.2) is 4.98 Å². The highest BCUT2D eigenvalue weighted by Crippen LogP contribution is 2.51. The maximum Gasteiger partial charge on any atom is 0.229 e. The van der Waals surface area contributed by atoms with Crippen LogP contribution in [-0.4, -0.2) is 55.2 Å². The van der Waals surface area contributed by atoms with Crippen molar-refractivity contribution in [2.24, 2.45) is 17.8 Å². The molecule has 0 radical (unpaired) electrons. The molecule has 1 aliphatic heterocycles. The Labute approximate surface area is 148 Å². The molecule has 1 aromatic heterocycles. The Kier molecular flexibility index (Phi) is 4.88. The van der Waals surface area contributed by atoms with Crippen molar-refractivity contribution in [2.75, 3.05) is 38.2 Å². The Morgan fingerprint density at radius 1 is 1.42 bits per heavy atom. The Morgan fingerprint density at radius 3 is 2.75 bits per heavy atom. The second kappa shape index (κ2) is 7.10. The number of ether oxygens (including phenoxy) is 1. The van der Waals surface area contributed by atoms with Gasteiger partial charge in [0.15, 0.2) is 5.13 Å². The molecule has 0 unspecified atom stereocenters. The lowest BCUT2D eigenvalue weighted by atomic mass is 9.93. The molecule has 4 rings (SSSR count). The zero-order chi connectivity index (χ0) is 16.5. The van der Waals surface area contributed by atoms with Crippen LogP contribution in [-0.2, 0) is 9.53 Å². The number of morpholine rings is 1. The molecule has 2 saturated carbocycles. The number of likely N-dealkylation sites (N-methyl/N-ethyl adjacent to an activating group) is 1. The number of anilines is 1. The first-order chi connectivity index (χ1) is 11.7. The average Bonchev–Trinajstić information content (AvgIpc) is 3.50. The molecule has 24 heavy (non-hydrogen) atoms. The Morgan fingerprint density at radius 2 is 2.17 bits per heavy atom. The second-order valence-electron chi connectivity index (χ2n) is 7.62. The first-order valence-corrected chi connectivity index (χ1v) is 10.1. The molecule has 6 heteroatoms. The van der Waals surface area contributed by atoms with E-state index in [1.807, 2.05) is 10.3 Å². The maximum atomic E-state index is 13.1. The van der Waals surface area contributed by atoms with Gasteiger partial charge in [0.25, 0.3) is 0 Å². The molecule has 1 atom stereocenters. The van der Waals surface area contributed by atoms with E-state index >= 15 is 0 Å². The van der Waals surface area contributed by atoms with Gasteiger partial charge < -0.3 is 9.64 Å². The van der Waals surface area contributed by atoms with E-state index in [1.54, 1.807) is 17.5 Å². The minimum atomic E-state index is 0.0805. The van der Waals surface area contributed by atoms with Crippen LogP contribution in [0.5, 0.6) is 0 Å². The van der Waals surface area contributed by atoms with Crippen molar-refractivity contribution in [3.8, 4) is 0 Å². The van der Waals surface area contributed by atoms with Gasteiger partial charge in [0, 0.05) is 31.1 Å². The Balaban J connectivity index is 1.44. The SMILES string of the molecule is CN1CCO[C@H](CN(C(=O)CC(C2CC2)C2CC2)c2nccs2)C1. The highest BCUT2D eigenvalue weighted by Gasteiger charge is 2.43. The molecule has 0 bridgehead atoms. The Hall–Kier alpha value is -0.980. The summed E-state index contributed by atoms with van der Waals surface area (Å²) in [6.45, 7) is 3.21. The predicted octanol–water partition coefficient (Wildman–Crippen LogP) is 2.63. The molecular weight excluding hydrogens is 322 g/mol. The van der Waals surface area contributed by atoms with Crippen LogP contribution in [0.4, 0.5) is 5.13 Å². The lowest BCUT2D eigenvalue weighted by molar-refractivity contribution is -0.120. The molecule has 3 aliphatic rings. The van der Waals surface area contributed by atoms with Crippen LogP contribution in [0.1, 0.15) is 32.1 Å². The van der Waals surface area contributed by atoms with Gasteiger partial charge in [-0.1, -0.05) is 0 Å². The molecule has 0 aromatic carbocycles. The number of carbonyl (C=O) groups is 1. The third-order valence-corrected chi connectivity index (χ3v) is 6.34. The number of carbonyl (C=O) groups excluding carboxylic acids is 1. The highest BCUT2D eigenvalue weighted by atomic mass is 32.1. The lowest BCUT2D eigenvalue weighted by Gasteiger charge is -2.33. The fraction of sp³-hybridized carbons (Fsp3) is 0.778. The van der Waals surface area contributed by atoms with Crippen molar-refractivity contribution in [1.82, 2.24) is 9.88 Å². The number of hydrogen-bond donors (Lipinski definition) is 0. The number of nitrogens with zero attached hydrogens (tertiary/aromatic N) is 3. The fourth-order valence-electron chi connectivity index (χ4n) is 3.90. The van der Waals surface area contributed by atoms with Crippen molar-refractivity contribution < 1.29 is 9.53 Å². The van der Waals surface area contributed by atoms with Gasteiger partial charge in [-0.3, -0.25) is 9.69 Å². The molecule has 132 valence electrons. The van der Waals surface area contributed by atoms with Crippen molar-refractivity contribution in [1.29, 1.82) is 0 Å². The molecule has 1 aromatic rings. The molecular formula is C18H27N3O2S. The first-order valence-electron chi connectivity index (χ1n) is 9.20. The molecule has 0 N–H and O–H groups in total. The number of thiazole rings is 1. The topological polar surface area (TPSA) is 45.7 Å². The van der Waals surface area contributed by atoms with E-state index < -0.39 is 0 Å². The summed E-state index contributed by atoms with van der Waals surface area (Å²) in [7, 11) is 2.11. The van der Waals surface area contributed by atoms with E-state index in [9.17, 15) is 4.79 Å². The number of aromatic nitrogens is 1. The van der Waals surface area contributed by atoms with Crippen molar-refractivity contribution in [3.05, 3.63) is 11.6 Å². The first kappa shape index (κ1) is 16.5. The van der Waals surface area contributed by atoms with Crippen molar-refractivity contribution in [2.45, 2.75) is 38.2 Å². The van der Waals surface area contributed by atoms with Crippen molar-refractivity contribution in [3.63, 3.8) is 0 Å². The van der Waals surface area contributed by atoms with Crippen LogP contribution < -0.4 is 4.90 Å². The minimum absolute atomic E-state index is 0.0805. The monoisotopic (exact) mass is 349 g/mol.